The molecule has 0 aliphatic rings. The Hall–Kier alpha value is -1.82. The van der Waals surface area contributed by atoms with E-state index < -0.39 is 0 Å². The number of nitrogens with zero attached hydrogens (tertiary/aromatic N) is 2. The summed E-state index contributed by atoms with van der Waals surface area (Å²) >= 11 is 3.48. The zero-order valence-corrected chi connectivity index (χ0v) is 13.8. The average molecular weight is 352 g/mol. The number of aromatic nitrogens is 2. The summed E-state index contributed by atoms with van der Waals surface area (Å²) in [5, 5.41) is 16.5. The van der Waals surface area contributed by atoms with Gasteiger partial charge in [0.05, 0.1) is 22.6 Å². The molecule has 1 aromatic heterocycles. The van der Waals surface area contributed by atoms with Crippen molar-refractivity contribution in [2.75, 3.05) is 5.32 Å². The monoisotopic (exact) mass is 351 g/mol. The fraction of sp³-hybridized carbons (Fsp3) is 0.333. The number of phenolic OH excluding ortho intramolecular Hbond substituents is 1. The van der Waals surface area contributed by atoms with Crippen molar-refractivity contribution in [1.29, 1.82) is 0 Å². The van der Waals surface area contributed by atoms with Crippen LogP contribution < -0.4 is 5.32 Å². The lowest BCUT2D eigenvalue weighted by Crippen LogP contribution is -2.25. The molecule has 1 amide bonds. The van der Waals surface area contributed by atoms with Crippen molar-refractivity contribution in [3.05, 3.63) is 40.1 Å². The highest BCUT2D eigenvalue weighted by Gasteiger charge is 2.17. The van der Waals surface area contributed by atoms with Crippen molar-refractivity contribution in [3.8, 4) is 5.75 Å². The van der Waals surface area contributed by atoms with Gasteiger partial charge in [-0.2, -0.15) is 5.10 Å². The maximum atomic E-state index is 12.2. The summed E-state index contributed by atoms with van der Waals surface area (Å²) in [7, 11) is 0. The largest absolute Gasteiger partial charge is 0.508 e. The molecule has 1 atom stereocenters. The van der Waals surface area contributed by atoms with E-state index in [1.165, 1.54) is 0 Å². The summed E-state index contributed by atoms with van der Waals surface area (Å²) in [4.78, 5) is 12.2. The summed E-state index contributed by atoms with van der Waals surface area (Å²) in [6.07, 6.45) is 0. The molecule has 0 aliphatic carbocycles. The Kier molecular flexibility index (Phi) is 4.67. The first-order valence-electron chi connectivity index (χ1n) is 6.68. The summed E-state index contributed by atoms with van der Waals surface area (Å²) in [5.74, 6) is -0.124. The van der Waals surface area contributed by atoms with Gasteiger partial charge in [0.25, 0.3) is 0 Å². The third kappa shape index (κ3) is 3.64. The number of carbonyl (C=O) groups excluding carboxylic acids is 1. The lowest BCUT2D eigenvalue weighted by atomic mass is 10.1. The molecule has 0 aliphatic heterocycles. The van der Waals surface area contributed by atoms with E-state index in [1.807, 2.05) is 25.5 Å². The minimum Gasteiger partial charge on any atom is -0.508 e. The highest BCUT2D eigenvalue weighted by atomic mass is 79.9. The number of phenols is 1. The van der Waals surface area contributed by atoms with Gasteiger partial charge in [-0.05, 0) is 54.0 Å². The molecule has 2 aromatic rings. The van der Waals surface area contributed by atoms with Crippen molar-refractivity contribution < 1.29 is 9.90 Å². The van der Waals surface area contributed by atoms with Crippen LogP contribution in [0, 0.1) is 19.8 Å². The lowest BCUT2D eigenvalue weighted by molar-refractivity contribution is -0.119. The Labute approximate surface area is 132 Å². The molecule has 0 bridgehead atoms. The number of anilines is 1. The van der Waals surface area contributed by atoms with Crippen LogP contribution in [0.4, 0.5) is 5.69 Å². The quantitative estimate of drug-likeness (QED) is 0.830. The van der Waals surface area contributed by atoms with Crippen LogP contribution in [0.15, 0.2) is 28.7 Å². The van der Waals surface area contributed by atoms with Crippen molar-refractivity contribution in [2.45, 2.75) is 27.3 Å². The second kappa shape index (κ2) is 6.30. The molecule has 0 saturated carbocycles. The highest BCUT2D eigenvalue weighted by molar-refractivity contribution is 9.10. The first-order chi connectivity index (χ1) is 9.88. The second-order valence-corrected chi connectivity index (χ2v) is 5.90. The SMILES string of the molecule is Cc1nn(C[C@H](C)C(=O)Nc2ccc(O)cc2)c(C)c1Br. The number of carbonyl (C=O) groups is 1. The third-order valence-corrected chi connectivity index (χ3v) is 4.47. The maximum Gasteiger partial charge on any atom is 0.229 e. The molecule has 112 valence electrons. The molecule has 5 nitrogen and oxygen atoms in total. The highest BCUT2D eigenvalue weighted by Crippen LogP contribution is 2.21. The number of hydrogen-bond acceptors (Lipinski definition) is 3. The molecule has 0 spiro atoms. The van der Waals surface area contributed by atoms with Gasteiger partial charge in [0.2, 0.25) is 5.91 Å². The molecule has 0 unspecified atom stereocenters. The van der Waals surface area contributed by atoms with Crippen molar-refractivity contribution >= 4 is 27.5 Å². The van der Waals surface area contributed by atoms with E-state index in [4.69, 9.17) is 0 Å². The van der Waals surface area contributed by atoms with Crippen LogP contribution in [0.1, 0.15) is 18.3 Å². The average Bonchev–Trinajstić information content (AvgIpc) is 2.69. The first kappa shape index (κ1) is 15.6. The van der Waals surface area contributed by atoms with Gasteiger partial charge in [-0.3, -0.25) is 9.48 Å². The number of amides is 1. The van der Waals surface area contributed by atoms with E-state index in [-0.39, 0.29) is 17.6 Å². The Bertz CT molecular complexity index is 650. The molecule has 6 heteroatoms. The van der Waals surface area contributed by atoms with Crippen LogP contribution in [0.2, 0.25) is 0 Å². The Morgan fingerprint density at radius 2 is 2.00 bits per heavy atom. The summed E-state index contributed by atoms with van der Waals surface area (Å²) in [6.45, 7) is 6.27. The number of nitrogens with one attached hydrogen (secondary N) is 1. The van der Waals surface area contributed by atoms with Gasteiger partial charge < -0.3 is 10.4 Å². The van der Waals surface area contributed by atoms with Crippen LogP contribution in [0.25, 0.3) is 0 Å². The maximum absolute atomic E-state index is 12.2. The number of hydrogen-bond donors (Lipinski definition) is 2. The molecular formula is C15H18BrN3O2. The molecular weight excluding hydrogens is 334 g/mol. The zero-order valence-electron chi connectivity index (χ0n) is 12.2. The fourth-order valence-electron chi connectivity index (χ4n) is 2.01. The number of benzene rings is 1. The first-order valence-corrected chi connectivity index (χ1v) is 7.47. The predicted octanol–water partition coefficient (Wildman–Crippen LogP) is 3.24. The Morgan fingerprint density at radius 3 is 2.52 bits per heavy atom. The van der Waals surface area contributed by atoms with Gasteiger partial charge in [-0.1, -0.05) is 6.92 Å². The molecule has 1 aromatic carbocycles. The van der Waals surface area contributed by atoms with Crippen molar-refractivity contribution in [3.63, 3.8) is 0 Å². The molecule has 1 heterocycles. The van der Waals surface area contributed by atoms with Crippen LogP contribution in [0.3, 0.4) is 0 Å². The summed E-state index contributed by atoms with van der Waals surface area (Å²) < 4.78 is 2.81. The van der Waals surface area contributed by atoms with E-state index in [0.29, 0.717) is 12.2 Å². The van der Waals surface area contributed by atoms with Crippen LogP contribution >= 0.6 is 15.9 Å². The number of aryl methyl sites for hydroxylation is 1. The lowest BCUT2D eigenvalue weighted by Gasteiger charge is -2.13. The van der Waals surface area contributed by atoms with Gasteiger partial charge in [0, 0.05) is 11.4 Å². The van der Waals surface area contributed by atoms with E-state index in [0.717, 1.165) is 15.9 Å². The molecule has 21 heavy (non-hydrogen) atoms. The minimum absolute atomic E-state index is 0.0793. The van der Waals surface area contributed by atoms with Crippen LogP contribution in [0.5, 0.6) is 5.75 Å². The zero-order chi connectivity index (χ0) is 15.6. The fourth-order valence-corrected chi connectivity index (χ4v) is 2.29. The normalized spacial score (nSPS) is 12.2. The van der Waals surface area contributed by atoms with Crippen LogP contribution in [-0.4, -0.2) is 20.8 Å². The van der Waals surface area contributed by atoms with E-state index in [9.17, 15) is 9.90 Å². The molecule has 0 fully saturated rings. The molecule has 2 rings (SSSR count). The van der Waals surface area contributed by atoms with Crippen molar-refractivity contribution in [1.82, 2.24) is 9.78 Å². The van der Waals surface area contributed by atoms with Gasteiger partial charge in [0.15, 0.2) is 0 Å². The summed E-state index contributed by atoms with van der Waals surface area (Å²) in [5.41, 5.74) is 2.59. The van der Waals surface area contributed by atoms with E-state index in [1.54, 1.807) is 24.3 Å². The Morgan fingerprint density at radius 1 is 1.38 bits per heavy atom. The van der Waals surface area contributed by atoms with E-state index in [2.05, 4.69) is 26.3 Å². The standard InChI is InChI=1S/C15H18BrN3O2/c1-9(8-19-11(3)14(16)10(2)18-19)15(21)17-12-4-6-13(20)7-5-12/h4-7,9,20H,8H2,1-3H3,(H,17,21)/t9-/m0/s1. The topological polar surface area (TPSA) is 67.2 Å². The van der Waals surface area contributed by atoms with E-state index >= 15 is 0 Å². The van der Waals surface area contributed by atoms with Gasteiger partial charge >= 0.3 is 0 Å². The van der Waals surface area contributed by atoms with Gasteiger partial charge in [-0.25, -0.2) is 0 Å². The van der Waals surface area contributed by atoms with Crippen LogP contribution in [-0.2, 0) is 11.3 Å². The minimum atomic E-state index is -0.219. The molecule has 0 saturated heterocycles. The van der Waals surface area contributed by atoms with Gasteiger partial charge in [-0.15, -0.1) is 0 Å². The predicted molar refractivity (Wildman–Crippen MR) is 85.3 cm³/mol. The Balaban J connectivity index is 2.02. The number of halogens is 1. The number of rotatable bonds is 4. The third-order valence-electron chi connectivity index (χ3n) is 3.32. The molecule has 0 radical (unpaired) electrons. The van der Waals surface area contributed by atoms with Gasteiger partial charge in [0.1, 0.15) is 5.75 Å². The smallest absolute Gasteiger partial charge is 0.229 e. The summed E-state index contributed by atoms with van der Waals surface area (Å²) in [6, 6.07) is 6.41. The number of aromatic hydroxyl groups is 1. The molecule has 2 N–H and O–H groups in total. The second-order valence-electron chi connectivity index (χ2n) is 5.10. The van der Waals surface area contributed by atoms with Crippen molar-refractivity contribution in [2.24, 2.45) is 5.92 Å².